The van der Waals surface area contributed by atoms with Crippen molar-refractivity contribution in [1.29, 1.82) is 0 Å². The molecule has 0 aliphatic rings. The van der Waals surface area contributed by atoms with E-state index in [9.17, 15) is 9.59 Å². The largest absolute Gasteiger partial charge is 0.468 e. The molecule has 1 amide bonds. The molecule has 0 saturated carbocycles. The minimum atomic E-state index is -0.509. The zero-order valence-corrected chi connectivity index (χ0v) is 13.2. The summed E-state index contributed by atoms with van der Waals surface area (Å²) >= 11 is 0. The van der Waals surface area contributed by atoms with Gasteiger partial charge in [-0.05, 0) is 10.9 Å². The topological polar surface area (TPSA) is 68.3 Å². The summed E-state index contributed by atoms with van der Waals surface area (Å²) in [6.45, 7) is -0.196. The molecule has 0 unspecified atom stereocenters. The number of ether oxygens (including phenoxy) is 1. The van der Waals surface area contributed by atoms with Gasteiger partial charge in [0.1, 0.15) is 12.2 Å². The predicted octanol–water partition coefficient (Wildman–Crippen LogP) is 2.80. The predicted molar refractivity (Wildman–Crippen MR) is 91.5 cm³/mol. The zero-order chi connectivity index (χ0) is 16.9. The number of carbonyl (C=O) groups excluding carboxylic acids is 2. The Morgan fingerprint density at radius 2 is 1.75 bits per heavy atom. The van der Waals surface area contributed by atoms with Crippen LogP contribution < -0.4 is 5.32 Å². The van der Waals surface area contributed by atoms with Crippen LogP contribution in [0.4, 0.5) is 0 Å². The number of fused-ring (bicyclic) bond motifs is 1. The lowest BCUT2D eigenvalue weighted by Crippen LogP contribution is -2.31. The van der Waals surface area contributed by atoms with Crippen LogP contribution in [0, 0.1) is 0 Å². The lowest BCUT2D eigenvalue weighted by Gasteiger charge is -2.12. The molecule has 3 rings (SSSR count). The first-order chi connectivity index (χ1) is 11.7. The van der Waals surface area contributed by atoms with E-state index in [0.29, 0.717) is 0 Å². The van der Waals surface area contributed by atoms with Crippen LogP contribution in [0.2, 0.25) is 0 Å². The fraction of sp³-hybridized carbons (Fsp3) is 0.105. The summed E-state index contributed by atoms with van der Waals surface area (Å²) in [5.74, 6) is -0.921. The van der Waals surface area contributed by atoms with Crippen molar-refractivity contribution in [1.82, 2.24) is 10.3 Å². The molecule has 1 aromatic heterocycles. The molecule has 1 N–H and O–H groups in total. The van der Waals surface area contributed by atoms with Gasteiger partial charge in [-0.2, -0.15) is 0 Å². The maximum Gasteiger partial charge on any atom is 0.325 e. The van der Waals surface area contributed by atoms with E-state index in [1.165, 1.54) is 7.11 Å². The molecular weight excluding hydrogens is 304 g/mol. The molecule has 0 saturated heterocycles. The monoisotopic (exact) mass is 320 g/mol. The molecule has 1 heterocycles. The molecular formula is C19H16N2O3. The Morgan fingerprint density at radius 3 is 2.50 bits per heavy atom. The second-order valence-corrected chi connectivity index (χ2v) is 5.19. The van der Waals surface area contributed by atoms with Crippen LogP contribution in [0.25, 0.3) is 21.9 Å². The Balaban J connectivity index is 2.11. The molecule has 0 aliphatic carbocycles. The van der Waals surface area contributed by atoms with Crippen LogP contribution in [0.15, 0.2) is 60.8 Å². The van der Waals surface area contributed by atoms with Crippen LogP contribution >= 0.6 is 0 Å². The molecule has 5 nitrogen and oxygen atoms in total. The first-order valence-electron chi connectivity index (χ1n) is 7.49. The standard InChI is InChI=1S/C19H16N2O3/c1-24-16(22)12-21-19(23)18-17(13-7-3-2-4-8-13)15-10-6-5-9-14(15)11-20-18/h2-11H,12H2,1H3,(H,21,23). The summed E-state index contributed by atoms with van der Waals surface area (Å²) in [5.41, 5.74) is 1.92. The minimum Gasteiger partial charge on any atom is -0.468 e. The summed E-state index contributed by atoms with van der Waals surface area (Å²) < 4.78 is 4.55. The number of hydrogen-bond donors (Lipinski definition) is 1. The SMILES string of the molecule is COC(=O)CNC(=O)c1ncc2ccccc2c1-c1ccccc1. The number of nitrogens with one attached hydrogen (secondary N) is 1. The summed E-state index contributed by atoms with van der Waals surface area (Å²) in [6.07, 6.45) is 1.66. The molecule has 5 heteroatoms. The highest BCUT2D eigenvalue weighted by Gasteiger charge is 2.18. The van der Waals surface area contributed by atoms with Crippen molar-refractivity contribution in [3.8, 4) is 11.1 Å². The summed E-state index contributed by atoms with van der Waals surface area (Å²) in [7, 11) is 1.28. The van der Waals surface area contributed by atoms with Crippen molar-refractivity contribution in [2.75, 3.05) is 13.7 Å². The molecule has 0 radical (unpaired) electrons. The molecule has 120 valence electrons. The first kappa shape index (κ1) is 15.7. The third-order valence-electron chi connectivity index (χ3n) is 3.70. The number of pyridine rings is 1. The van der Waals surface area contributed by atoms with Crippen molar-refractivity contribution >= 4 is 22.6 Å². The molecule has 24 heavy (non-hydrogen) atoms. The first-order valence-corrected chi connectivity index (χ1v) is 7.49. The quantitative estimate of drug-likeness (QED) is 0.751. The van der Waals surface area contributed by atoms with E-state index in [1.807, 2.05) is 54.6 Å². The highest BCUT2D eigenvalue weighted by molar-refractivity contribution is 6.08. The fourth-order valence-corrected chi connectivity index (χ4v) is 2.54. The van der Waals surface area contributed by atoms with Gasteiger partial charge in [0.05, 0.1) is 7.11 Å². The molecule has 0 atom stereocenters. The smallest absolute Gasteiger partial charge is 0.325 e. The summed E-state index contributed by atoms with van der Waals surface area (Å²) in [5, 5.41) is 4.43. The van der Waals surface area contributed by atoms with Crippen LogP contribution in [-0.2, 0) is 9.53 Å². The van der Waals surface area contributed by atoms with E-state index < -0.39 is 11.9 Å². The van der Waals surface area contributed by atoms with Gasteiger partial charge in [0.25, 0.3) is 5.91 Å². The van der Waals surface area contributed by atoms with E-state index in [-0.39, 0.29) is 12.2 Å². The Labute approximate surface area is 139 Å². The van der Waals surface area contributed by atoms with Crippen molar-refractivity contribution in [2.24, 2.45) is 0 Å². The van der Waals surface area contributed by atoms with Gasteiger partial charge in [0.15, 0.2) is 0 Å². The molecule has 0 aliphatic heterocycles. The third-order valence-corrected chi connectivity index (χ3v) is 3.70. The number of esters is 1. The Bertz CT molecular complexity index is 892. The van der Waals surface area contributed by atoms with E-state index in [2.05, 4.69) is 15.0 Å². The molecule has 3 aromatic rings. The van der Waals surface area contributed by atoms with E-state index in [4.69, 9.17) is 0 Å². The number of hydrogen-bond acceptors (Lipinski definition) is 4. The minimum absolute atomic E-state index is 0.196. The molecule has 0 spiro atoms. The maximum absolute atomic E-state index is 12.5. The fourth-order valence-electron chi connectivity index (χ4n) is 2.54. The van der Waals surface area contributed by atoms with Crippen LogP contribution in [-0.4, -0.2) is 30.5 Å². The Hall–Kier alpha value is -3.21. The molecule has 0 fully saturated rings. The normalized spacial score (nSPS) is 10.4. The van der Waals surface area contributed by atoms with Gasteiger partial charge in [-0.25, -0.2) is 4.98 Å². The van der Waals surface area contributed by atoms with E-state index in [0.717, 1.165) is 21.9 Å². The highest BCUT2D eigenvalue weighted by atomic mass is 16.5. The number of carbonyl (C=O) groups is 2. The Kier molecular flexibility index (Phi) is 4.52. The lowest BCUT2D eigenvalue weighted by molar-refractivity contribution is -0.139. The molecule has 2 aromatic carbocycles. The maximum atomic E-state index is 12.5. The second-order valence-electron chi connectivity index (χ2n) is 5.19. The van der Waals surface area contributed by atoms with Crippen molar-refractivity contribution in [3.63, 3.8) is 0 Å². The van der Waals surface area contributed by atoms with Gasteiger partial charge in [0.2, 0.25) is 0 Å². The van der Waals surface area contributed by atoms with Crippen LogP contribution in [0.1, 0.15) is 10.5 Å². The number of methoxy groups -OCH3 is 1. The van der Waals surface area contributed by atoms with Gasteiger partial charge < -0.3 is 10.1 Å². The van der Waals surface area contributed by atoms with Crippen molar-refractivity contribution in [3.05, 3.63) is 66.5 Å². The van der Waals surface area contributed by atoms with Gasteiger partial charge in [-0.1, -0.05) is 54.6 Å². The third kappa shape index (κ3) is 3.10. The Morgan fingerprint density at radius 1 is 1.04 bits per heavy atom. The number of benzene rings is 2. The summed E-state index contributed by atoms with van der Waals surface area (Å²) in [6, 6.07) is 17.3. The average molecular weight is 320 g/mol. The van der Waals surface area contributed by atoms with Gasteiger partial charge in [0, 0.05) is 17.1 Å². The number of nitrogens with zero attached hydrogens (tertiary/aromatic N) is 1. The average Bonchev–Trinajstić information content (AvgIpc) is 2.65. The van der Waals surface area contributed by atoms with E-state index in [1.54, 1.807) is 6.20 Å². The number of rotatable bonds is 4. The van der Waals surface area contributed by atoms with E-state index >= 15 is 0 Å². The lowest BCUT2D eigenvalue weighted by atomic mass is 9.97. The van der Waals surface area contributed by atoms with Crippen molar-refractivity contribution in [2.45, 2.75) is 0 Å². The van der Waals surface area contributed by atoms with Crippen molar-refractivity contribution < 1.29 is 14.3 Å². The highest BCUT2D eigenvalue weighted by Crippen LogP contribution is 2.30. The number of aromatic nitrogens is 1. The second kappa shape index (κ2) is 6.91. The van der Waals surface area contributed by atoms with Gasteiger partial charge >= 0.3 is 5.97 Å². The number of amides is 1. The zero-order valence-electron chi connectivity index (χ0n) is 13.2. The summed E-state index contributed by atoms with van der Waals surface area (Å²) in [4.78, 5) is 28.1. The molecule has 0 bridgehead atoms. The van der Waals surface area contributed by atoms with Crippen LogP contribution in [0.3, 0.4) is 0 Å². The van der Waals surface area contributed by atoms with Gasteiger partial charge in [-0.15, -0.1) is 0 Å². The van der Waals surface area contributed by atoms with Crippen LogP contribution in [0.5, 0.6) is 0 Å². The van der Waals surface area contributed by atoms with Gasteiger partial charge in [-0.3, -0.25) is 9.59 Å².